The number of unbranched alkanes of at least 4 members (excludes halogenated alkanes) is 2. The van der Waals surface area contributed by atoms with Crippen molar-refractivity contribution in [2.24, 2.45) is 5.92 Å². The Labute approximate surface area is 222 Å². The first-order chi connectivity index (χ1) is 18.3. The van der Waals surface area contributed by atoms with Crippen LogP contribution in [0, 0.1) is 5.92 Å². The first-order valence-corrected chi connectivity index (χ1v) is 12.7. The van der Waals surface area contributed by atoms with Gasteiger partial charge in [0, 0.05) is 5.56 Å². The van der Waals surface area contributed by atoms with Crippen LogP contribution in [0.25, 0.3) is 11.3 Å². The van der Waals surface area contributed by atoms with Crippen LogP contribution in [0.3, 0.4) is 0 Å². The fourth-order valence-electron chi connectivity index (χ4n) is 4.14. The van der Waals surface area contributed by atoms with Crippen LogP contribution in [0.1, 0.15) is 73.7 Å². The predicted molar refractivity (Wildman–Crippen MR) is 140 cm³/mol. The van der Waals surface area contributed by atoms with Gasteiger partial charge in [-0.2, -0.15) is 0 Å². The molecule has 0 aliphatic carbocycles. The summed E-state index contributed by atoms with van der Waals surface area (Å²) in [6.07, 6.45) is 3.81. The number of aromatic carboxylic acids is 1. The van der Waals surface area contributed by atoms with Gasteiger partial charge in [0.25, 0.3) is 5.91 Å². The first kappa shape index (κ1) is 30.2. The van der Waals surface area contributed by atoms with Gasteiger partial charge in [0.15, 0.2) is 0 Å². The number of hydrogen-bond acceptors (Lipinski definition) is 7. The monoisotopic (exact) mass is 528 g/mol. The number of rotatable bonds is 16. The van der Waals surface area contributed by atoms with E-state index in [9.17, 15) is 29.5 Å². The van der Waals surface area contributed by atoms with Crippen LogP contribution in [-0.4, -0.2) is 63.9 Å². The lowest BCUT2D eigenvalue weighted by atomic mass is 9.90. The number of hydroxylamine groups is 2. The molecule has 206 valence electrons. The summed E-state index contributed by atoms with van der Waals surface area (Å²) >= 11 is 0. The van der Waals surface area contributed by atoms with Gasteiger partial charge in [0.05, 0.1) is 30.9 Å². The fourth-order valence-corrected chi connectivity index (χ4v) is 4.14. The summed E-state index contributed by atoms with van der Waals surface area (Å²) in [6, 6.07) is 8.74. The second-order valence-electron chi connectivity index (χ2n) is 8.64. The van der Waals surface area contributed by atoms with Gasteiger partial charge in [-0.05, 0) is 44.0 Å². The second-order valence-corrected chi connectivity index (χ2v) is 8.64. The molecule has 0 saturated carbocycles. The number of benzene rings is 1. The Hall–Kier alpha value is -3.99. The Morgan fingerprint density at radius 2 is 1.87 bits per heavy atom. The van der Waals surface area contributed by atoms with E-state index in [0.29, 0.717) is 35.6 Å². The predicted octanol–water partition coefficient (Wildman–Crippen LogP) is 3.47. The molecule has 11 heteroatoms. The van der Waals surface area contributed by atoms with E-state index in [1.165, 1.54) is 12.1 Å². The van der Waals surface area contributed by atoms with Crippen molar-refractivity contribution in [1.29, 1.82) is 0 Å². The molecule has 3 amide bonds. The molecule has 0 aliphatic heterocycles. The number of amides is 3. The van der Waals surface area contributed by atoms with Crippen LogP contribution in [0.2, 0.25) is 0 Å². The number of nitrogens with one attached hydrogen (secondary N) is 2. The van der Waals surface area contributed by atoms with E-state index >= 15 is 0 Å². The van der Waals surface area contributed by atoms with Crippen LogP contribution in [0.4, 0.5) is 0 Å². The summed E-state index contributed by atoms with van der Waals surface area (Å²) in [7, 11) is 0. The molecule has 0 saturated heterocycles. The fraction of sp³-hybridized carbons (Fsp3) is 0.444. The van der Waals surface area contributed by atoms with Crippen molar-refractivity contribution in [2.45, 2.75) is 58.9 Å². The Bertz CT molecular complexity index is 1110. The number of carboxylic acid groups (broad SMARTS) is 1. The maximum absolute atomic E-state index is 12.9. The molecule has 0 aliphatic rings. The van der Waals surface area contributed by atoms with Crippen molar-refractivity contribution in [3.63, 3.8) is 0 Å². The van der Waals surface area contributed by atoms with Crippen molar-refractivity contribution >= 4 is 24.2 Å². The van der Waals surface area contributed by atoms with E-state index in [0.717, 1.165) is 19.3 Å². The third kappa shape index (κ3) is 8.27. The van der Waals surface area contributed by atoms with Crippen LogP contribution in [0.5, 0.6) is 5.75 Å². The molecular formula is C27H36N4O7. The molecule has 2 atom stereocenters. The smallest absolute Gasteiger partial charge is 0.339 e. The molecule has 1 aromatic carbocycles. The molecule has 11 nitrogen and oxygen atoms in total. The molecule has 1 aromatic heterocycles. The summed E-state index contributed by atoms with van der Waals surface area (Å²) in [4.78, 5) is 52.5. The largest absolute Gasteiger partial charge is 0.493 e. The average Bonchev–Trinajstić information content (AvgIpc) is 2.92. The molecule has 1 heterocycles. The van der Waals surface area contributed by atoms with Crippen LogP contribution in [-0.2, 0) is 9.59 Å². The summed E-state index contributed by atoms with van der Waals surface area (Å²) < 4.78 is 5.44. The van der Waals surface area contributed by atoms with Gasteiger partial charge < -0.3 is 20.5 Å². The average molecular weight is 529 g/mol. The van der Waals surface area contributed by atoms with Crippen molar-refractivity contribution in [3.8, 4) is 17.0 Å². The highest BCUT2D eigenvalue weighted by molar-refractivity contribution is 5.94. The van der Waals surface area contributed by atoms with Gasteiger partial charge in [-0.3, -0.25) is 19.6 Å². The quantitative estimate of drug-likeness (QED) is 0.0848. The molecule has 0 bridgehead atoms. The zero-order valence-electron chi connectivity index (χ0n) is 22.0. The van der Waals surface area contributed by atoms with Crippen LogP contribution in [0.15, 0.2) is 36.4 Å². The lowest BCUT2D eigenvalue weighted by Gasteiger charge is -2.29. The summed E-state index contributed by atoms with van der Waals surface area (Å²) in [5.74, 6) is -2.44. The molecule has 0 spiro atoms. The lowest BCUT2D eigenvalue weighted by molar-refractivity contribution is -0.168. The number of carbonyl (C=O) groups excluding carboxylic acids is 3. The van der Waals surface area contributed by atoms with Gasteiger partial charge in [-0.15, -0.1) is 0 Å². The minimum absolute atomic E-state index is 0.0241. The van der Waals surface area contributed by atoms with Gasteiger partial charge in [0.1, 0.15) is 17.0 Å². The molecule has 2 unspecified atom stereocenters. The Morgan fingerprint density at radius 1 is 1.11 bits per heavy atom. The highest BCUT2D eigenvalue weighted by Gasteiger charge is 2.30. The van der Waals surface area contributed by atoms with E-state index < -0.39 is 23.8 Å². The molecule has 0 fully saturated rings. The second kappa shape index (κ2) is 15.3. The zero-order valence-corrected chi connectivity index (χ0v) is 22.0. The Morgan fingerprint density at radius 3 is 2.50 bits per heavy atom. The molecule has 2 rings (SSSR count). The summed E-state index contributed by atoms with van der Waals surface area (Å²) in [6.45, 7) is 5.69. The SMILES string of the molecule is CCCCCC(C(=O)NCNC(=O)c1cccc(-c2ccc(C(=O)O)c(OCC)c2)n1)C(CC)N(O)C=O. The van der Waals surface area contributed by atoms with Crippen molar-refractivity contribution < 1.29 is 34.2 Å². The van der Waals surface area contributed by atoms with Crippen molar-refractivity contribution in [1.82, 2.24) is 20.7 Å². The standard InChI is InChI=1S/C27H36N4O7/c1-4-7-8-10-19(23(5-2)31(37)17-32)25(33)28-16-29-26(34)22-12-9-11-21(30-22)18-13-14-20(27(35)36)24(15-18)38-6-3/h9,11-15,17,19,23,37H,4-8,10,16H2,1-3H3,(H,28,33)(H,29,34)(H,35,36). The third-order valence-corrected chi connectivity index (χ3v) is 6.09. The summed E-state index contributed by atoms with van der Waals surface area (Å²) in [5, 5.41) is 25.1. The van der Waals surface area contributed by atoms with E-state index in [4.69, 9.17) is 4.74 Å². The normalized spacial score (nSPS) is 12.2. The highest BCUT2D eigenvalue weighted by Crippen LogP contribution is 2.27. The number of nitrogens with zero attached hydrogens (tertiary/aromatic N) is 2. The lowest BCUT2D eigenvalue weighted by Crippen LogP contribution is -2.47. The van der Waals surface area contributed by atoms with E-state index in [2.05, 4.69) is 15.6 Å². The molecular weight excluding hydrogens is 492 g/mol. The number of hydrogen-bond donors (Lipinski definition) is 4. The van der Waals surface area contributed by atoms with E-state index in [1.54, 1.807) is 38.1 Å². The molecule has 4 N–H and O–H groups in total. The minimum atomic E-state index is -1.11. The van der Waals surface area contributed by atoms with Crippen molar-refractivity contribution in [2.75, 3.05) is 13.3 Å². The van der Waals surface area contributed by atoms with Gasteiger partial charge in [-0.25, -0.2) is 14.8 Å². The van der Waals surface area contributed by atoms with Gasteiger partial charge in [0.2, 0.25) is 12.3 Å². The highest BCUT2D eigenvalue weighted by atomic mass is 16.5. The third-order valence-electron chi connectivity index (χ3n) is 6.09. The van der Waals surface area contributed by atoms with Gasteiger partial charge >= 0.3 is 5.97 Å². The molecule has 2 aromatic rings. The van der Waals surface area contributed by atoms with Crippen LogP contribution < -0.4 is 15.4 Å². The maximum Gasteiger partial charge on any atom is 0.339 e. The van der Waals surface area contributed by atoms with E-state index in [-0.39, 0.29) is 36.2 Å². The summed E-state index contributed by atoms with van der Waals surface area (Å²) in [5.41, 5.74) is 1.14. The number of ether oxygens (including phenoxy) is 1. The number of carbonyl (C=O) groups is 4. The first-order valence-electron chi connectivity index (χ1n) is 12.7. The van der Waals surface area contributed by atoms with Gasteiger partial charge in [-0.1, -0.05) is 45.2 Å². The maximum atomic E-state index is 12.9. The topological polar surface area (TPSA) is 158 Å². The van der Waals surface area contributed by atoms with E-state index in [1.807, 2.05) is 6.92 Å². The Balaban J connectivity index is 2.09. The number of carboxylic acids is 1. The van der Waals surface area contributed by atoms with Crippen molar-refractivity contribution in [3.05, 3.63) is 47.7 Å². The Kier molecular flexibility index (Phi) is 12.2. The minimum Gasteiger partial charge on any atom is -0.493 e. The molecule has 0 radical (unpaired) electrons. The number of aromatic nitrogens is 1. The number of pyridine rings is 1. The zero-order chi connectivity index (χ0) is 28.1. The molecule has 38 heavy (non-hydrogen) atoms. The van der Waals surface area contributed by atoms with Crippen LogP contribution >= 0.6 is 0 Å².